The molecule has 0 radical (unpaired) electrons. The first kappa shape index (κ1) is 41.9. The number of aliphatic hydroxyl groups excluding tert-OH is 2. The van der Waals surface area contributed by atoms with Gasteiger partial charge in [0.15, 0.2) is 12.6 Å². The van der Waals surface area contributed by atoms with E-state index in [1.807, 2.05) is 13.1 Å². The summed E-state index contributed by atoms with van der Waals surface area (Å²) >= 11 is 0. The van der Waals surface area contributed by atoms with Gasteiger partial charge in [-0.2, -0.15) is 0 Å². The van der Waals surface area contributed by atoms with Crippen molar-refractivity contribution in [1.82, 2.24) is 10.6 Å². The molecular weight excluding hydrogens is 626 g/mol. The van der Waals surface area contributed by atoms with Gasteiger partial charge >= 0.3 is 0 Å². The quantitative estimate of drug-likeness (QED) is 0.0931. The van der Waals surface area contributed by atoms with Crippen molar-refractivity contribution < 1.29 is 34.3 Å². The fraction of sp³-hybridized carbons (Fsp3) is 0.811. The van der Waals surface area contributed by atoms with E-state index in [0.717, 1.165) is 25.7 Å². The number of allylic oxidation sites excluding steroid dienone is 6. The minimum atomic E-state index is -1.29. The van der Waals surface area contributed by atoms with Crippen LogP contribution in [0.15, 0.2) is 39.9 Å². The molecule has 12 unspecified atom stereocenters. The molecule has 0 spiro atoms. The highest BCUT2D eigenvalue weighted by molar-refractivity contribution is 5.72. The zero-order chi connectivity index (χ0) is 36.3. The molecule has 49 heavy (non-hydrogen) atoms. The third kappa shape index (κ3) is 12.3. The van der Waals surface area contributed by atoms with Crippen LogP contribution in [0, 0.1) is 5.92 Å². The third-order valence-corrected chi connectivity index (χ3v) is 10.0. The number of nitrogens with zero attached hydrogens (tertiary/aromatic N) is 1. The number of nitrogens with two attached hydrogens (primary N) is 2. The van der Waals surface area contributed by atoms with E-state index in [1.54, 1.807) is 14.0 Å². The number of aliphatic imine (C=N–C) groups is 1. The van der Waals surface area contributed by atoms with Gasteiger partial charge in [0.05, 0.1) is 31.3 Å². The van der Waals surface area contributed by atoms with Crippen molar-refractivity contribution in [2.75, 3.05) is 26.7 Å². The number of ether oxygens (including phenoxy) is 4. The van der Waals surface area contributed by atoms with Gasteiger partial charge < -0.3 is 56.4 Å². The number of rotatable bonds is 16. The molecule has 0 aromatic heterocycles. The van der Waals surface area contributed by atoms with Gasteiger partial charge in [-0.25, -0.2) is 0 Å². The van der Waals surface area contributed by atoms with Crippen LogP contribution in [-0.4, -0.2) is 121 Å². The summed E-state index contributed by atoms with van der Waals surface area (Å²) in [7, 11) is 1.66. The Balaban J connectivity index is 1.59. The minimum Gasteiger partial charge on any atom is -0.388 e. The fourth-order valence-corrected chi connectivity index (χ4v) is 7.05. The second kappa shape index (κ2) is 19.9. The van der Waals surface area contributed by atoms with Crippen molar-refractivity contribution in [3.05, 3.63) is 34.9 Å². The lowest BCUT2D eigenvalue weighted by atomic mass is 9.83. The Morgan fingerprint density at radius 1 is 0.959 bits per heavy atom. The summed E-state index contributed by atoms with van der Waals surface area (Å²) in [5, 5.41) is 39.6. The maximum absolute atomic E-state index is 11.6. The lowest BCUT2D eigenvalue weighted by Gasteiger charge is -2.49. The lowest BCUT2D eigenvalue weighted by molar-refractivity contribution is -0.309. The highest BCUT2D eigenvalue weighted by Crippen LogP contribution is 2.33. The van der Waals surface area contributed by atoms with Crippen LogP contribution in [0.4, 0.5) is 0 Å². The molecule has 0 bridgehead atoms. The monoisotopic (exact) mass is 694 g/mol. The van der Waals surface area contributed by atoms with Crippen molar-refractivity contribution in [3.8, 4) is 0 Å². The minimum absolute atomic E-state index is 0.0509. The highest BCUT2D eigenvalue weighted by atomic mass is 16.7. The van der Waals surface area contributed by atoms with Crippen LogP contribution in [0.5, 0.6) is 0 Å². The average molecular weight is 694 g/mol. The molecule has 0 amide bonds. The zero-order valence-corrected chi connectivity index (χ0v) is 31.2. The predicted octanol–water partition coefficient (Wildman–Crippen LogP) is 2.45. The smallest absolute Gasteiger partial charge is 0.185 e. The molecule has 1 saturated carbocycles. The van der Waals surface area contributed by atoms with Crippen LogP contribution in [0.3, 0.4) is 0 Å². The Labute approximate surface area is 294 Å². The molecule has 0 aromatic rings. The molecule has 0 aromatic carbocycles. The molecule has 1 aliphatic carbocycles. The lowest BCUT2D eigenvalue weighted by Crippen LogP contribution is -2.69. The molecule has 13 atom stereocenters. The van der Waals surface area contributed by atoms with Crippen molar-refractivity contribution in [2.24, 2.45) is 22.4 Å². The second-order valence-electron chi connectivity index (χ2n) is 14.9. The van der Waals surface area contributed by atoms with Crippen molar-refractivity contribution in [3.63, 3.8) is 0 Å². The van der Waals surface area contributed by atoms with E-state index < -0.39 is 60.7 Å². The van der Waals surface area contributed by atoms with Crippen LogP contribution in [-0.2, 0) is 18.9 Å². The summed E-state index contributed by atoms with van der Waals surface area (Å²) in [6.07, 6.45) is 7.73. The van der Waals surface area contributed by atoms with E-state index in [9.17, 15) is 15.3 Å². The summed E-state index contributed by atoms with van der Waals surface area (Å²) in [4.78, 5) is 4.65. The first-order valence-electron chi connectivity index (χ1n) is 18.2. The largest absolute Gasteiger partial charge is 0.388 e. The van der Waals surface area contributed by atoms with Gasteiger partial charge in [-0.1, -0.05) is 42.7 Å². The first-order valence-corrected chi connectivity index (χ1v) is 18.2. The molecule has 3 rings (SSSR count). The summed E-state index contributed by atoms with van der Waals surface area (Å²) in [5.74, 6) is 0.165. The van der Waals surface area contributed by atoms with Crippen molar-refractivity contribution >= 4 is 6.21 Å². The molecule has 12 heteroatoms. The van der Waals surface area contributed by atoms with E-state index in [4.69, 9.17) is 30.4 Å². The van der Waals surface area contributed by atoms with Gasteiger partial charge in [0, 0.05) is 18.3 Å². The number of aliphatic hydroxyl groups is 3. The van der Waals surface area contributed by atoms with E-state index in [1.165, 1.54) is 16.7 Å². The Morgan fingerprint density at radius 3 is 2.31 bits per heavy atom. The van der Waals surface area contributed by atoms with E-state index in [-0.39, 0.29) is 24.7 Å². The maximum atomic E-state index is 11.6. The first-order chi connectivity index (χ1) is 23.2. The molecule has 9 N–H and O–H groups in total. The van der Waals surface area contributed by atoms with Crippen LogP contribution in [0.25, 0.3) is 0 Å². The normalized spacial score (nSPS) is 39.4. The molecule has 12 nitrogen and oxygen atoms in total. The van der Waals surface area contributed by atoms with Gasteiger partial charge in [0.2, 0.25) is 0 Å². The number of hydrogen-bond acceptors (Lipinski definition) is 12. The van der Waals surface area contributed by atoms with Crippen LogP contribution in [0.2, 0.25) is 0 Å². The van der Waals surface area contributed by atoms with Crippen LogP contribution in [0.1, 0.15) is 87.0 Å². The third-order valence-electron chi connectivity index (χ3n) is 10.0. The topological polar surface area (TPSA) is 186 Å². The number of hydrogen-bond donors (Lipinski definition) is 7. The van der Waals surface area contributed by atoms with Gasteiger partial charge in [-0.15, -0.1) is 0 Å². The molecule has 2 aliphatic heterocycles. The van der Waals surface area contributed by atoms with E-state index in [2.05, 4.69) is 68.5 Å². The second-order valence-corrected chi connectivity index (χ2v) is 14.9. The van der Waals surface area contributed by atoms with E-state index in [0.29, 0.717) is 25.9 Å². The van der Waals surface area contributed by atoms with Crippen molar-refractivity contribution in [2.45, 2.75) is 160 Å². The molecular formula is C37H67N5O7. The van der Waals surface area contributed by atoms with E-state index >= 15 is 0 Å². The number of likely N-dealkylation sites (N-methyl/N-ethyl adjacent to an activating group) is 2. The standard InChI is InChI=1S/C37H67N5O7/c1-9-42-28-19-26(38)32(30(43)33(28)49-36-31(44)34(40-8)37(7,45)21-46-36)48-35-27(39)18-25(6)29(47-35)20-41-17-16-24(5)15-11-14-23(4)13-10-12-22(2)3/h12,14,16-17,25-36,40,42-45H,9-11,13,15,18-21,38-39H2,1-8H3/b23-14+,24-16+,41-17?/t25-,26?,27?,28?,29?,30?,31?,32?,33?,34?,35?,36?,37?/m0/s1. The maximum Gasteiger partial charge on any atom is 0.185 e. The van der Waals surface area contributed by atoms with Gasteiger partial charge in [0.1, 0.15) is 30.0 Å². The SMILES string of the molecule is CCNC1CC(N)C(OC2OC(CN=C/C=C(\C)CC/C=C(\C)CCC=C(C)C)[C@@H](C)CC2N)C(O)C1OC1OCC(C)(O)C(NC)C1O. The molecule has 282 valence electrons. The summed E-state index contributed by atoms with van der Waals surface area (Å²) < 4.78 is 24.7. The van der Waals surface area contributed by atoms with Crippen LogP contribution < -0.4 is 22.1 Å². The molecule has 3 fully saturated rings. The Hall–Kier alpha value is -1.55. The van der Waals surface area contributed by atoms with Crippen LogP contribution >= 0.6 is 0 Å². The molecule has 3 aliphatic rings. The van der Waals surface area contributed by atoms with Gasteiger partial charge in [-0.3, -0.25) is 4.99 Å². The summed E-state index contributed by atoms with van der Waals surface area (Å²) in [5.41, 5.74) is 15.9. The molecule has 2 heterocycles. The Morgan fingerprint density at radius 2 is 1.63 bits per heavy atom. The van der Waals surface area contributed by atoms with Gasteiger partial charge in [-0.05, 0) is 98.7 Å². The summed E-state index contributed by atoms with van der Waals surface area (Å²) in [6, 6.07) is -1.96. The predicted molar refractivity (Wildman–Crippen MR) is 194 cm³/mol. The summed E-state index contributed by atoms with van der Waals surface area (Å²) in [6.45, 7) is 15.3. The highest BCUT2D eigenvalue weighted by Gasteiger charge is 2.51. The van der Waals surface area contributed by atoms with Crippen molar-refractivity contribution in [1.29, 1.82) is 0 Å². The molecule has 2 saturated heterocycles. The number of nitrogens with one attached hydrogen (secondary N) is 2. The fourth-order valence-electron chi connectivity index (χ4n) is 7.05. The Bertz CT molecular complexity index is 1130. The Kier molecular flexibility index (Phi) is 17.0. The van der Waals surface area contributed by atoms with Gasteiger partial charge in [0.25, 0.3) is 0 Å². The zero-order valence-electron chi connectivity index (χ0n) is 31.2. The average Bonchev–Trinajstić information content (AvgIpc) is 3.02.